The molecular weight excluding hydrogens is 849 g/mol. The van der Waals surface area contributed by atoms with E-state index in [2.05, 4.69) is 39.8 Å². The Morgan fingerprint density at radius 2 is 1.74 bits per heavy atom. The number of sulfonamides is 1. The molecule has 4 bridgehead atoms. The molecule has 2 aromatic rings. The van der Waals surface area contributed by atoms with Gasteiger partial charge in [0.25, 0.3) is 5.91 Å². The lowest BCUT2D eigenvalue weighted by Crippen LogP contribution is -2.70. The maximum Gasteiger partial charge on any atom is 0.408 e. The van der Waals surface area contributed by atoms with Crippen molar-refractivity contribution in [2.24, 2.45) is 17.3 Å². The summed E-state index contributed by atoms with van der Waals surface area (Å²) >= 11 is 0. The number of pyridine rings is 1. The second kappa shape index (κ2) is 17.3. The third kappa shape index (κ3) is 8.82. The molecule has 6 fully saturated rings. The largest absolute Gasteiger partial charge is 0.489 e. The van der Waals surface area contributed by atoms with E-state index in [1.165, 1.54) is 17.7 Å². The Balaban J connectivity index is 1.07. The van der Waals surface area contributed by atoms with Crippen molar-refractivity contribution in [2.45, 2.75) is 184 Å². The molecule has 354 valence electrons. The Morgan fingerprint density at radius 1 is 1.00 bits per heavy atom. The number of hydrogen-bond acceptors (Lipinski definition) is 11. The fourth-order valence-electron chi connectivity index (χ4n) is 11.3. The fraction of sp³-hybridized carbons (Fsp3) is 0.694. The third-order valence-corrected chi connectivity index (χ3v) is 18.0. The first-order chi connectivity index (χ1) is 30.9. The van der Waals surface area contributed by atoms with Crippen LogP contribution in [0.5, 0.6) is 11.6 Å². The summed E-state index contributed by atoms with van der Waals surface area (Å²) in [7, 11) is -4.03. The number of aromatic nitrogens is 1. The van der Waals surface area contributed by atoms with Gasteiger partial charge in [-0.15, -0.1) is 6.58 Å². The van der Waals surface area contributed by atoms with Gasteiger partial charge in [0, 0.05) is 29.8 Å². The summed E-state index contributed by atoms with van der Waals surface area (Å²) in [5, 5.41) is 6.73. The normalized spacial score (nSPS) is 33.7. The summed E-state index contributed by atoms with van der Waals surface area (Å²) in [5.41, 5.74) is -0.813. The summed E-state index contributed by atoms with van der Waals surface area (Å²) in [6.45, 7) is 14.3. The van der Waals surface area contributed by atoms with E-state index >= 15 is 4.79 Å². The molecule has 0 spiro atoms. The van der Waals surface area contributed by atoms with Crippen molar-refractivity contribution >= 4 is 44.7 Å². The van der Waals surface area contributed by atoms with Crippen molar-refractivity contribution in [3.63, 3.8) is 0 Å². The number of amides is 4. The number of ether oxygens (including phenoxy) is 3. The Kier molecular flexibility index (Phi) is 12.2. The molecule has 3 saturated heterocycles. The Hall–Kier alpha value is -4.44. The van der Waals surface area contributed by atoms with Gasteiger partial charge in [-0.3, -0.25) is 24.0 Å². The van der Waals surface area contributed by atoms with Gasteiger partial charge in [-0.25, -0.2) is 18.2 Å². The quantitative estimate of drug-likeness (QED) is 0.248. The van der Waals surface area contributed by atoms with E-state index in [-0.39, 0.29) is 37.5 Å². The van der Waals surface area contributed by atoms with Gasteiger partial charge in [0.2, 0.25) is 27.7 Å². The van der Waals surface area contributed by atoms with Crippen molar-refractivity contribution in [2.75, 3.05) is 13.1 Å². The predicted molar refractivity (Wildman–Crippen MR) is 245 cm³/mol. The van der Waals surface area contributed by atoms with Gasteiger partial charge < -0.3 is 29.7 Å². The first-order valence-electron chi connectivity index (χ1n) is 24.2. The van der Waals surface area contributed by atoms with E-state index in [0.29, 0.717) is 43.6 Å². The van der Waals surface area contributed by atoms with Crippen LogP contribution in [0.25, 0.3) is 10.9 Å². The predicted octanol–water partition coefficient (Wildman–Crippen LogP) is 6.07. The number of hydrogen-bond donors (Lipinski definition) is 3. The van der Waals surface area contributed by atoms with Crippen molar-refractivity contribution in [3.05, 3.63) is 42.5 Å². The number of piperidine rings is 1. The van der Waals surface area contributed by atoms with E-state index in [9.17, 15) is 22.8 Å². The van der Waals surface area contributed by atoms with Gasteiger partial charge in [-0.1, -0.05) is 58.7 Å². The molecule has 7 aliphatic rings. The fourth-order valence-corrected chi connectivity index (χ4v) is 12.7. The number of benzene rings is 1. The van der Waals surface area contributed by atoms with Crippen LogP contribution in [-0.4, -0.2) is 113 Å². The number of alkyl carbamates (subject to hydrolysis) is 1. The van der Waals surface area contributed by atoms with Crippen molar-refractivity contribution in [1.29, 1.82) is 0 Å². The minimum absolute atomic E-state index is 0.0231. The number of para-hydroxylation sites is 1. The minimum atomic E-state index is -4.03. The van der Waals surface area contributed by atoms with Gasteiger partial charge in [0.15, 0.2) is 0 Å². The highest BCUT2D eigenvalue weighted by Crippen LogP contribution is 2.46. The van der Waals surface area contributed by atoms with Crippen LogP contribution >= 0.6 is 0 Å². The summed E-state index contributed by atoms with van der Waals surface area (Å²) in [5.74, 6) is -1.07. The van der Waals surface area contributed by atoms with E-state index in [0.717, 1.165) is 73.7 Å². The molecule has 16 heteroatoms. The Morgan fingerprint density at radius 3 is 2.40 bits per heavy atom. The first kappa shape index (κ1) is 45.7. The van der Waals surface area contributed by atoms with Crippen molar-refractivity contribution in [1.82, 2.24) is 30.1 Å². The lowest BCUT2D eigenvalue weighted by atomic mass is 9.66. The SMILES string of the molecule is C=CC1CCC1(NC(=O)C1CC2CN1C(=O)C(C(C)(C)C)NC(=O)OC1CC1CCCCCc1c(nc3ccccc3c1OC1CC3CCC(C1)N3CC)O2)C(=O)NS(=O)(=O)C1(C)CC1. The molecule has 4 amide bonds. The molecule has 3 aliphatic carbocycles. The number of rotatable bonds is 9. The lowest BCUT2D eigenvalue weighted by Gasteiger charge is -2.47. The van der Waals surface area contributed by atoms with Crippen LogP contribution < -0.4 is 24.8 Å². The van der Waals surface area contributed by atoms with E-state index in [1.807, 2.05) is 39.0 Å². The zero-order chi connectivity index (χ0) is 46.1. The Bertz CT molecular complexity index is 2320. The number of nitrogens with one attached hydrogen (secondary N) is 3. The molecule has 9 rings (SSSR count). The number of nitrogens with zero attached hydrogens (tertiary/aromatic N) is 3. The molecule has 9 atom stereocenters. The average molecular weight is 917 g/mol. The number of carbonyl (C=O) groups is 4. The van der Waals surface area contributed by atoms with Crippen LogP contribution in [0.1, 0.15) is 130 Å². The zero-order valence-corrected chi connectivity index (χ0v) is 39.6. The van der Waals surface area contributed by atoms with Crippen molar-refractivity contribution < 1.29 is 41.8 Å². The zero-order valence-electron chi connectivity index (χ0n) is 38.7. The third-order valence-electron chi connectivity index (χ3n) is 15.9. The highest BCUT2D eigenvalue weighted by molar-refractivity contribution is 7.91. The van der Waals surface area contributed by atoms with Crippen molar-refractivity contribution in [3.8, 4) is 11.6 Å². The van der Waals surface area contributed by atoms with Gasteiger partial charge in [-0.05, 0) is 114 Å². The van der Waals surface area contributed by atoms with E-state index in [4.69, 9.17) is 19.2 Å². The molecule has 0 radical (unpaired) electrons. The van der Waals surface area contributed by atoms with Gasteiger partial charge in [-0.2, -0.15) is 0 Å². The standard InChI is InChI=1S/C49H68N6O9S/c1-7-30-20-21-49(30,45(58)53-65(60,61)48(6)22-23-48)52-42(56)38-27-34-28-55(38)44(57)41(47(3,4)5)51-46(59)64-39-24-29(39)14-10-9-11-16-36-40(35-15-12-13-17-37(35)50-43(36)63-34)62-33-25-31-18-19-32(26-33)54(31)8-2/h7,12-13,15,17,29-34,38-39,41H,1,8-11,14,16,18-28H2,2-6H3,(H,51,59)(H,52,56)(H,53,58). The lowest BCUT2D eigenvalue weighted by molar-refractivity contribution is -0.145. The average Bonchev–Trinajstić information content (AvgIpc) is 4.12. The molecule has 3 saturated carbocycles. The molecule has 65 heavy (non-hydrogen) atoms. The van der Waals surface area contributed by atoms with Gasteiger partial charge >= 0.3 is 6.09 Å². The van der Waals surface area contributed by atoms with Crippen LogP contribution in [0.4, 0.5) is 4.79 Å². The summed E-state index contributed by atoms with van der Waals surface area (Å²) in [4.78, 5) is 66.6. The summed E-state index contributed by atoms with van der Waals surface area (Å²) in [6, 6.07) is 6.69. The second-order valence-electron chi connectivity index (χ2n) is 21.4. The molecule has 5 heterocycles. The van der Waals surface area contributed by atoms with Crippen LogP contribution in [0, 0.1) is 17.3 Å². The maximum absolute atomic E-state index is 15.0. The molecule has 4 aliphatic heterocycles. The Labute approximate surface area is 383 Å². The summed E-state index contributed by atoms with van der Waals surface area (Å²) < 4.78 is 47.9. The molecule has 15 nitrogen and oxygen atoms in total. The highest BCUT2D eigenvalue weighted by Gasteiger charge is 2.58. The number of carbonyl (C=O) groups excluding carboxylic acids is 4. The second-order valence-corrected chi connectivity index (χ2v) is 23.6. The molecule has 1 aromatic heterocycles. The smallest absolute Gasteiger partial charge is 0.408 e. The first-order valence-corrected chi connectivity index (χ1v) is 25.7. The van der Waals surface area contributed by atoms with Crippen LogP contribution in [-0.2, 0) is 35.6 Å². The summed E-state index contributed by atoms with van der Waals surface area (Å²) in [6.07, 6.45) is 10.9. The van der Waals surface area contributed by atoms with Gasteiger partial charge in [0.1, 0.15) is 41.7 Å². The number of fused-ring (bicyclic) bond motifs is 7. The molecule has 9 unspecified atom stereocenters. The van der Waals surface area contributed by atoms with E-state index < -0.39 is 73.6 Å². The topological polar surface area (TPSA) is 186 Å². The minimum Gasteiger partial charge on any atom is -0.489 e. The van der Waals surface area contributed by atoms with Crippen LogP contribution in [0.3, 0.4) is 0 Å². The molecule has 1 aromatic carbocycles. The molecule has 3 N–H and O–H groups in total. The monoisotopic (exact) mass is 916 g/mol. The van der Waals surface area contributed by atoms with Gasteiger partial charge in [0.05, 0.1) is 22.4 Å². The molecular formula is C49H68N6O9S. The van der Waals surface area contributed by atoms with E-state index in [1.54, 1.807) is 13.0 Å². The van der Waals surface area contributed by atoms with Crippen LogP contribution in [0.15, 0.2) is 36.9 Å². The maximum atomic E-state index is 15.0. The van der Waals surface area contributed by atoms with Crippen LogP contribution in [0.2, 0.25) is 0 Å². The highest BCUT2D eigenvalue weighted by atomic mass is 32.2.